The molecular weight excluding hydrogens is 324 g/mol. The fourth-order valence-corrected chi connectivity index (χ4v) is 3.28. The molecular formula is C17H22N4O2S. The molecule has 0 unspecified atom stereocenters. The average molecular weight is 346 g/mol. The molecule has 3 amide bonds. The Kier molecular flexibility index (Phi) is 5.94. The molecule has 24 heavy (non-hydrogen) atoms. The van der Waals surface area contributed by atoms with Gasteiger partial charge in [0.15, 0.2) is 0 Å². The Balaban J connectivity index is 2.16. The van der Waals surface area contributed by atoms with Crippen LogP contribution in [0.2, 0.25) is 0 Å². The van der Waals surface area contributed by atoms with E-state index in [1.807, 2.05) is 24.3 Å². The van der Waals surface area contributed by atoms with Gasteiger partial charge in [0.1, 0.15) is 5.00 Å². The van der Waals surface area contributed by atoms with E-state index < -0.39 is 11.9 Å². The summed E-state index contributed by atoms with van der Waals surface area (Å²) in [7, 11) is 0. The number of amides is 3. The van der Waals surface area contributed by atoms with Crippen molar-refractivity contribution in [1.82, 2.24) is 5.32 Å². The number of thiophene rings is 1. The van der Waals surface area contributed by atoms with Crippen LogP contribution in [0.1, 0.15) is 29.8 Å². The van der Waals surface area contributed by atoms with E-state index in [4.69, 9.17) is 11.5 Å². The molecule has 128 valence electrons. The molecule has 2 rings (SSSR count). The van der Waals surface area contributed by atoms with Crippen LogP contribution in [0.25, 0.3) is 10.4 Å². The molecule has 0 aliphatic rings. The van der Waals surface area contributed by atoms with Gasteiger partial charge in [-0.3, -0.25) is 10.1 Å². The number of rotatable bonds is 7. The summed E-state index contributed by atoms with van der Waals surface area (Å²) in [6.07, 6.45) is 0. The summed E-state index contributed by atoms with van der Waals surface area (Å²) in [4.78, 5) is 23.4. The zero-order chi connectivity index (χ0) is 17.7. The molecule has 0 aliphatic heterocycles. The van der Waals surface area contributed by atoms with Gasteiger partial charge in [-0.05, 0) is 29.7 Å². The van der Waals surface area contributed by atoms with Crippen LogP contribution in [0.3, 0.4) is 0 Å². The van der Waals surface area contributed by atoms with E-state index in [1.165, 1.54) is 16.9 Å². The molecule has 0 saturated heterocycles. The number of primary amides is 2. The zero-order valence-electron chi connectivity index (χ0n) is 13.8. The van der Waals surface area contributed by atoms with Crippen molar-refractivity contribution in [2.45, 2.75) is 20.4 Å². The molecule has 0 radical (unpaired) electrons. The van der Waals surface area contributed by atoms with E-state index in [0.29, 0.717) is 10.9 Å². The number of hydrogen-bond acceptors (Lipinski definition) is 4. The standard InChI is InChI=1S/C17H22N4O2S/c1-10(2)8-20-9-11-3-5-12(6-4-11)14-7-13(15(18)22)16(24-14)21-17(19)23/h3-7,10,20H,8-9H2,1-2H3,(H2,18,22)(H3,19,21,23). The summed E-state index contributed by atoms with van der Waals surface area (Å²) in [6.45, 7) is 6.11. The highest BCUT2D eigenvalue weighted by atomic mass is 32.1. The smallest absolute Gasteiger partial charge is 0.317 e. The summed E-state index contributed by atoms with van der Waals surface area (Å²) < 4.78 is 0. The predicted octanol–water partition coefficient (Wildman–Crippen LogP) is 2.75. The topological polar surface area (TPSA) is 110 Å². The van der Waals surface area contributed by atoms with Crippen LogP contribution in [0.5, 0.6) is 0 Å². The Hall–Kier alpha value is -2.38. The Morgan fingerprint density at radius 1 is 1.17 bits per heavy atom. The molecule has 1 aromatic carbocycles. The number of benzene rings is 1. The van der Waals surface area contributed by atoms with E-state index in [0.717, 1.165) is 23.5 Å². The van der Waals surface area contributed by atoms with Crippen molar-refractivity contribution in [1.29, 1.82) is 0 Å². The lowest BCUT2D eigenvalue weighted by atomic mass is 10.1. The lowest BCUT2D eigenvalue weighted by molar-refractivity contribution is 0.100. The van der Waals surface area contributed by atoms with Crippen molar-refractivity contribution in [3.63, 3.8) is 0 Å². The number of hydrogen-bond donors (Lipinski definition) is 4. The van der Waals surface area contributed by atoms with Gasteiger partial charge in [0.25, 0.3) is 5.91 Å². The number of nitrogens with one attached hydrogen (secondary N) is 2. The van der Waals surface area contributed by atoms with Gasteiger partial charge in [0.05, 0.1) is 5.56 Å². The molecule has 7 heteroatoms. The maximum atomic E-state index is 11.5. The molecule has 1 heterocycles. The first-order valence-electron chi connectivity index (χ1n) is 7.67. The van der Waals surface area contributed by atoms with Crippen LogP contribution in [0.4, 0.5) is 9.80 Å². The molecule has 0 aliphatic carbocycles. The molecule has 2 aromatic rings. The molecule has 6 N–H and O–H groups in total. The second-order valence-corrected chi connectivity index (χ2v) is 6.98. The highest BCUT2D eigenvalue weighted by Crippen LogP contribution is 2.35. The van der Waals surface area contributed by atoms with Crippen molar-refractivity contribution in [2.24, 2.45) is 17.4 Å². The third kappa shape index (κ3) is 4.81. The minimum absolute atomic E-state index is 0.261. The summed E-state index contributed by atoms with van der Waals surface area (Å²) in [5.74, 6) is 0.00884. The summed E-state index contributed by atoms with van der Waals surface area (Å²) >= 11 is 1.27. The fraction of sp³-hybridized carbons (Fsp3) is 0.294. The Bertz CT molecular complexity index is 723. The van der Waals surface area contributed by atoms with E-state index in [1.54, 1.807) is 6.07 Å². The quantitative estimate of drug-likeness (QED) is 0.618. The van der Waals surface area contributed by atoms with Crippen molar-refractivity contribution in [2.75, 3.05) is 11.9 Å². The van der Waals surface area contributed by atoms with Crippen molar-refractivity contribution >= 4 is 28.3 Å². The number of carbonyl (C=O) groups excluding carboxylic acids is 2. The second kappa shape index (κ2) is 7.94. The van der Waals surface area contributed by atoms with Crippen LogP contribution < -0.4 is 22.1 Å². The molecule has 6 nitrogen and oxygen atoms in total. The molecule has 1 aromatic heterocycles. The molecule has 0 saturated carbocycles. The summed E-state index contributed by atoms with van der Waals surface area (Å²) in [6, 6.07) is 8.98. The van der Waals surface area contributed by atoms with Gasteiger partial charge in [0.2, 0.25) is 0 Å². The second-order valence-electron chi connectivity index (χ2n) is 5.93. The maximum Gasteiger partial charge on any atom is 0.317 e. The summed E-state index contributed by atoms with van der Waals surface area (Å²) in [5, 5.41) is 6.20. The van der Waals surface area contributed by atoms with Gasteiger partial charge >= 0.3 is 6.03 Å². The van der Waals surface area contributed by atoms with Crippen LogP contribution in [0, 0.1) is 5.92 Å². The molecule has 0 spiro atoms. The monoisotopic (exact) mass is 346 g/mol. The Morgan fingerprint density at radius 2 is 1.83 bits per heavy atom. The third-order valence-electron chi connectivity index (χ3n) is 3.35. The SMILES string of the molecule is CC(C)CNCc1ccc(-c2cc(C(N)=O)c(NC(N)=O)s2)cc1. The first-order valence-corrected chi connectivity index (χ1v) is 8.48. The van der Waals surface area contributed by atoms with Crippen LogP contribution in [-0.2, 0) is 6.54 Å². The highest BCUT2D eigenvalue weighted by molar-refractivity contribution is 7.20. The first kappa shape index (κ1) is 18.0. The van der Waals surface area contributed by atoms with Gasteiger partial charge in [-0.25, -0.2) is 4.79 Å². The van der Waals surface area contributed by atoms with Crippen LogP contribution >= 0.6 is 11.3 Å². The molecule has 0 bridgehead atoms. The van der Waals surface area contributed by atoms with Gasteiger partial charge in [-0.2, -0.15) is 0 Å². The van der Waals surface area contributed by atoms with E-state index >= 15 is 0 Å². The number of nitrogens with two attached hydrogens (primary N) is 2. The van der Waals surface area contributed by atoms with E-state index in [2.05, 4.69) is 24.5 Å². The third-order valence-corrected chi connectivity index (χ3v) is 4.45. The number of urea groups is 1. The average Bonchev–Trinajstić information content (AvgIpc) is 2.91. The van der Waals surface area contributed by atoms with Crippen molar-refractivity contribution < 1.29 is 9.59 Å². The number of carbonyl (C=O) groups is 2. The fourth-order valence-electron chi connectivity index (χ4n) is 2.21. The minimum atomic E-state index is -0.725. The Morgan fingerprint density at radius 3 is 2.38 bits per heavy atom. The van der Waals surface area contributed by atoms with Crippen molar-refractivity contribution in [3.8, 4) is 10.4 Å². The van der Waals surface area contributed by atoms with Gasteiger partial charge in [-0.15, -0.1) is 11.3 Å². The number of anilines is 1. The van der Waals surface area contributed by atoms with Gasteiger partial charge in [0, 0.05) is 11.4 Å². The largest absolute Gasteiger partial charge is 0.366 e. The lowest BCUT2D eigenvalue weighted by Gasteiger charge is -2.07. The van der Waals surface area contributed by atoms with Gasteiger partial charge in [-0.1, -0.05) is 38.1 Å². The molecule has 0 fully saturated rings. The predicted molar refractivity (Wildman–Crippen MR) is 98.0 cm³/mol. The zero-order valence-corrected chi connectivity index (χ0v) is 14.6. The highest BCUT2D eigenvalue weighted by Gasteiger charge is 2.15. The van der Waals surface area contributed by atoms with Gasteiger partial charge < -0.3 is 16.8 Å². The van der Waals surface area contributed by atoms with Crippen LogP contribution in [0.15, 0.2) is 30.3 Å². The van der Waals surface area contributed by atoms with Crippen molar-refractivity contribution in [3.05, 3.63) is 41.5 Å². The summed E-state index contributed by atoms with van der Waals surface area (Å²) in [5.41, 5.74) is 12.9. The minimum Gasteiger partial charge on any atom is -0.366 e. The maximum absolute atomic E-state index is 11.5. The Labute approximate surface area is 145 Å². The normalized spacial score (nSPS) is 10.8. The first-order chi connectivity index (χ1) is 11.4. The molecule has 0 atom stereocenters. The lowest BCUT2D eigenvalue weighted by Crippen LogP contribution is -2.21. The van der Waals surface area contributed by atoms with E-state index in [9.17, 15) is 9.59 Å². The van der Waals surface area contributed by atoms with E-state index in [-0.39, 0.29) is 5.56 Å². The van der Waals surface area contributed by atoms with Crippen LogP contribution in [-0.4, -0.2) is 18.5 Å².